The van der Waals surface area contributed by atoms with Crippen LogP contribution in [0.5, 0.6) is 11.5 Å². The number of rotatable bonds is 5. The molecule has 30 heavy (non-hydrogen) atoms. The molecule has 2 amide bonds. The van der Waals surface area contributed by atoms with Gasteiger partial charge >= 0.3 is 0 Å². The first-order valence-electron chi connectivity index (χ1n) is 8.80. The van der Waals surface area contributed by atoms with E-state index >= 15 is 0 Å². The van der Waals surface area contributed by atoms with Gasteiger partial charge in [0.2, 0.25) is 6.79 Å². The number of thiocarbonyl (C=S) groups is 1. The summed E-state index contributed by atoms with van der Waals surface area (Å²) >= 11 is 12.4. The largest absolute Gasteiger partial charge is 0.454 e. The van der Waals surface area contributed by atoms with E-state index in [0.717, 1.165) is 17.7 Å². The molecule has 6 nitrogen and oxygen atoms in total. The Labute approximate surface area is 186 Å². The lowest BCUT2D eigenvalue weighted by molar-refractivity contribution is -0.122. The summed E-state index contributed by atoms with van der Waals surface area (Å²) in [6.45, 7) is 0.541. The zero-order valence-electron chi connectivity index (χ0n) is 15.3. The normalized spacial score (nSPS) is 16.5. The zero-order chi connectivity index (χ0) is 21.3. The van der Waals surface area contributed by atoms with Crippen molar-refractivity contribution in [3.05, 3.63) is 63.3 Å². The van der Waals surface area contributed by atoms with E-state index in [0.29, 0.717) is 20.7 Å². The van der Waals surface area contributed by atoms with Crippen LogP contribution in [0.25, 0.3) is 6.08 Å². The van der Waals surface area contributed by atoms with Gasteiger partial charge < -0.3 is 14.8 Å². The van der Waals surface area contributed by atoms with Gasteiger partial charge in [-0.05, 0) is 42.0 Å². The summed E-state index contributed by atoms with van der Waals surface area (Å²) in [4.78, 5) is 26.8. The highest BCUT2D eigenvalue weighted by Crippen LogP contribution is 2.36. The zero-order valence-corrected chi connectivity index (χ0v) is 17.7. The second-order valence-corrected chi connectivity index (χ2v) is 8.41. The molecule has 0 radical (unpaired) electrons. The molecule has 0 aromatic heterocycles. The lowest BCUT2D eigenvalue weighted by Gasteiger charge is -2.15. The Morgan fingerprint density at radius 3 is 2.87 bits per heavy atom. The smallest absolute Gasteiger partial charge is 0.266 e. The third-order valence-corrected chi connectivity index (χ3v) is 6.06. The van der Waals surface area contributed by atoms with Crippen molar-refractivity contribution in [1.29, 1.82) is 0 Å². The number of nitrogens with zero attached hydrogens (tertiary/aromatic N) is 1. The van der Waals surface area contributed by atoms with Gasteiger partial charge in [-0.25, -0.2) is 4.39 Å². The second kappa shape index (κ2) is 8.63. The van der Waals surface area contributed by atoms with E-state index in [1.165, 1.54) is 22.7 Å². The van der Waals surface area contributed by atoms with Crippen molar-refractivity contribution in [2.75, 3.05) is 19.9 Å². The third kappa shape index (κ3) is 4.28. The third-order valence-electron chi connectivity index (χ3n) is 4.36. The summed E-state index contributed by atoms with van der Waals surface area (Å²) in [5.74, 6) is 0.0690. The molecule has 10 heteroatoms. The Bertz CT molecular complexity index is 1090. The van der Waals surface area contributed by atoms with E-state index < -0.39 is 11.7 Å². The Morgan fingerprint density at radius 1 is 1.27 bits per heavy atom. The van der Waals surface area contributed by atoms with Crippen molar-refractivity contribution in [1.82, 2.24) is 10.2 Å². The Kier molecular flexibility index (Phi) is 5.94. The van der Waals surface area contributed by atoms with Crippen molar-refractivity contribution in [3.63, 3.8) is 0 Å². The van der Waals surface area contributed by atoms with Crippen LogP contribution in [0.3, 0.4) is 0 Å². The van der Waals surface area contributed by atoms with E-state index in [9.17, 15) is 14.0 Å². The Balaban J connectivity index is 1.38. The molecule has 2 heterocycles. The summed E-state index contributed by atoms with van der Waals surface area (Å²) in [6, 6.07) is 8.93. The number of amides is 2. The molecule has 0 aliphatic carbocycles. The lowest BCUT2D eigenvalue weighted by atomic mass is 10.2. The van der Waals surface area contributed by atoms with Gasteiger partial charge in [-0.3, -0.25) is 14.5 Å². The molecule has 2 aliphatic heterocycles. The second-order valence-electron chi connectivity index (χ2n) is 6.33. The van der Waals surface area contributed by atoms with Crippen molar-refractivity contribution in [2.24, 2.45) is 0 Å². The average Bonchev–Trinajstić information content (AvgIpc) is 3.27. The van der Waals surface area contributed by atoms with Crippen LogP contribution in [-0.4, -0.2) is 40.9 Å². The van der Waals surface area contributed by atoms with Gasteiger partial charge in [0.1, 0.15) is 10.1 Å². The average molecular weight is 465 g/mol. The number of halogens is 2. The first kappa shape index (κ1) is 20.6. The molecule has 0 saturated carbocycles. The Morgan fingerprint density at radius 2 is 2.07 bits per heavy atom. The fourth-order valence-corrected chi connectivity index (χ4v) is 4.46. The molecule has 0 bridgehead atoms. The van der Waals surface area contributed by atoms with E-state index in [4.69, 9.17) is 33.3 Å². The van der Waals surface area contributed by atoms with Gasteiger partial charge in [-0.1, -0.05) is 41.6 Å². The minimum Gasteiger partial charge on any atom is -0.454 e. The molecule has 4 rings (SSSR count). The summed E-state index contributed by atoms with van der Waals surface area (Å²) in [5.41, 5.74) is 0.949. The number of hydrogen-bond acceptors (Lipinski definition) is 6. The van der Waals surface area contributed by atoms with Gasteiger partial charge in [-0.15, -0.1) is 0 Å². The highest BCUT2D eigenvalue weighted by atomic mass is 35.5. The van der Waals surface area contributed by atoms with Crippen LogP contribution in [-0.2, 0) is 4.79 Å². The number of carbonyl (C=O) groups excluding carboxylic acids is 2. The molecule has 1 saturated heterocycles. The van der Waals surface area contributed by atoms with Gasteiger partial charge in [0.25, 0.3) is 11.8 Å². The minimum atomic E-state index is -0.525. The number of hydrogen-bond donors (Lipinski definition) is 1. The number of fused-ring (bicyclic) bond motifs is 1. The standard InChI is InChI=1S/C20H14ClFN2O4S2/c21-14-9-12(22)2-3-13(14)18(25)23-5-6-24-19(26)17(30-20(24)29)8-11-1-4-15-16(7-11)28-10-27-15/h1-4,7-9H,5-6,10H2,(H,23,25)/b17-8-. The van der Waals surface area contributed by atoms with Gasteiger partial charge in [-0.2, -0.15) is 0 Å². The summed E-state index contributed by atoms with van der Waals surface area (Å²) < 4.78 is 24.2. The number of ether oxygens (including phenoxy) is 2. The van der Waals surface area contributed by atoms with Crippen LogP contribution < -0.4 is 14.8 Å². The van der Waals surface area contributed by atoms with Gasteiger partial charge in [0.15, 0.2) is 11.5 Å². The van der Waals surface area contributed by atoms with Gasteiger partial charge in [0, 0.05) is 13.1 Å². The molecule has 2 aromatic carbocycles. The molecule has 2 aromatic rings. The molecular formula is C20H14ClFN2O4S2. The first-order chi connectivity index (χ1) is 14.4. The highest BCUT2D eigenvalue weighted by Gasteiger charge is 2.31. The van der Waals surface area contributed by atoms with Crippen LogP contribution in [0.2, 0.25) is 5.02 Å². The fourth-order valence-electron chi connectivity index (χ4n) is 2.90. The monoisotopic (exact) mass is 464 g/mol. The van der Waals surface area contributed by atoms with Crippen LogP contribution >= 0.6 is 35.6 Å². The van der Waals surface area contributed by atoms with Crippen molar-refractivity contribution in [2.45, 2.75) is 0 Å². The maximum atomic E-state index is 13.1. The number of thioether (sulfide) groups is 1. The van der Waals surface area contributed by atoms with Crippen molar-refractivity contribution < 1.29 is 23.5 Å². The molecule has 1 N–H and O–H groups in total. The number of carbonyl (C=O) groups is 2. The predicted molar refractivity (Wildman–Crippen MR) is 116 cm³/mol. The molecule has 0 spiro atoms. The van der Waals surface area contributed by atoms with Crippen LogP contribution in [0.1, 0.15) is 15.9 Å². The highest BCUT2D eigenvalue weighted by molar-refractivity contribution is 8.26. The molecular weight excluding hydrogens is 451 g/mol. The summed E-state index contributed by atoms with van der Waals surface area (Å²) in [5, 5.41) is 2.68. The Hall–Kier alpha value is -2.62. The van der Waals surface area contributed by atoms with Gasteiger partial charge in [0.05, 0.1) is 15.5 Å². The van der Waals surface area contributed by atoms with Crippen LogP contribution in [0.15, 0.2) is 41.3 Å². The van der Waals surface area contributed by atoms with Crippen molar-refractivity contribution in [3.8, 4) is 11.5 Å². The summed E-state index contributed by atoms with van der Waals surface area (Å²) in [6.07, 6.45) is 1.73. The number of nitrogens with one attached hydrogen (secondary N) is 1. The minimum absolute atomic E-state index is 0.0183. The van der Waals surface area contributed by atoms with E-state index in [-0.39, 0.29) is 36.4 Å². The quantitative estimate of drug-likeness (QED) is 0.535. The number of benzene rings is 2. The van der Waals surface area contributed by atoms with E-state index in [2.05, 4.69) is 5.32 Å². The maximum Gasteiger partial charge on any atom is 0.266 e. The topological polar surface area (TPSA) is 67.9 Å². The van der Waals surface area contributed by atoms with E-state index in [1.54, 1.807) is 18.2 Å². The maximum absolute atomic E-state index is 13.1. The molecule has 0 atom stereocenters. The predicted octanol–water partition coefficient (Wildman–Crippen LogP) is 3.84. The molecule has 154 valence electrons. The SMILES string of the molecule is O=C(NCCN1C(=O)/C(=C/c2ccc3c(c2)OCO3)SC1=S)c1ccc(F)cc1Cl. The van der Waals surface area contributed by atoms with Crippen molar-refractivity contribution >= 4 is 57.8 Å². The molecule has 0 unspecified atom stereocenters. The fraction of sp³-hybridized carbons (Fsp3) is 0.150. The van der Waals surface area contributed by atoms with Crippen LogP contribution in [0.4, 0.5) is 4.39 Å². The van der Waals surface area contributed by atoms with E-state index in [1.807, 2.05) is 6.07 Å². The molecule has 2 aliphatic rings. The summed E-state index contributed by atoms with van der Waals surface area (Å²) in [7, 11) is 0. The first-order valence-corrected chi connectivity index (χ1v) is 10.4. The van der Waals surface area contributed by atoms with Crippen LogP contribution in [0, 0.1) is 5.82 Å². The lowest BCUT2D eigenvalue weighted by Crippen LogP contribution is -2.37. The molecule has 1 fully saturated rings.